The lowest BCUT2D eigenvalue weighted by Gasteiger charge is -2.41. The molecule has 2 aliphatic rings. The van der Waals surface area contributed by atoms with Crippen molar-refractivity contribution >= 4 is 23.4 Å². The third-order valence-electron chi connectivity index (χ3n) is 6.60. The summed E-state index contributed by atoms with van der Waals surface area (Å²) in [4.78, 5) is 30.7. The van der Waals surface area contributed by atoms with Crippen LogP contribution in [0.3, 0.4) is 0 Å². The van der Waals surface area contributed by atoms with Crippen LogP contribution in [0.25, 0.3) is 0 Å². The molecule has 1 saturated carbocycles. The Labute approximate surface area is 190 Å². The van der Waals surface area contributed by atoms with E-state index < -0.39 is 5.54 Å². The standard InChI is InChI=1S/C25H32ClN3O2/c1-25(2,3)29(24(31)18-8-4-5-9-18)17-22(30)28-15-14-27-13-7-12-21(27)23(28)19-10-6-11-20(26)16-19/h6-7,10-13,16,18,23H,4-5,8-9,14-15,17H2,1-3H3. The fraction of sp³-hybridized carbons (Fsp3) is 0.520. The molecule has 2 aromatic rings. The number of benzene rings is 1. The van der Waals surface area contributed by atoms with Crippen LogP contribution < -0.4 is 0 Å². The molecular weight excluding hydrogens is 410 g/mol. The van der Waals surface area contributed by atoms with Crippen LogP contribution in [-0.4, -0.2) is 44.8 Å². The second kappa shape index (κ2) is 8.70. The highest BCUT2D eigenvalue weighted by Crippen LogP contribution is 2.34. The Morgan fingerprint density at radius 2 is 1.84 bits per heavy atom. The Bertz CT molecular complexity index is 956. The van der Waals surface area contributed by atoms with Crippen molar-refractivity contribution in [3.05, 3.63) is 58.9 Å². The van der Waals surface area contributed by atoms with Crippen molar-refractivity contribution in [2.75, 3.05) is 13.1 Å². The number of hydrogen-bond acceptors (Lipinski definition) is 2. The maximum atomic E-state index is 13.7. The zero-order valence-electron chi connectivity index (χ0n) is 18.7. The quantitative estimate of drug-likeness (QED) is 0.678. The lowest BCUT2D eigenvalue weighted by atomic mass is 9.98. The third-order valence-corrected chi connectivity index (χ3v) is 6.83. The van der Waals surface area contributed by atoms with Gasteiger partial charge in [0.25, 0.3) is 0 Å². The van der Waals surface area contributed by atoms with E-state index in [4.69, 9.17) is 11.6 Å². The molecule has 1 aromatic heterocycles. The fourth-order valence-electron chi connectivity index (χ4n) is 4.94. The summed E-state index contributed by atoms with van der Waals surface area (Å²) in [5, 5.41) is 0.654. The molecule has 6 heteroatoms. The molecule has 2 amide bonds. The molecule has 166 valence electrons. The Kier molecular flexibility index (Phi) is 6.16. The average Bonchev–Trinajstić information content (AvgIpc) is 3.41. The Morgan fingerprint density at radius 3 is 2.52 bits per heavy atom. The molecule has 4 rings (SSSR count). The molecule has 1 aliphatic heterocycles. The van der Waals surface area contributed by atoms with Crippen molar-refractivity contribution < 1.29 is 9.59 Å². The van der Waals surface area contributed by atoms with E-state index >= 15 is 0 Å². The van der Waals surface area contributed by atoms with Crippen molar-refractivity contribution in [3.8, 4) is 0 Å². The highest BCUT2D eigenvalue weighted by atomic mass is 35.5. The molecular formula is C25H32ClN3O2. The fourth-order valence-corrected chi connectivity index (χ4v) is 5.14. The molecule has 0 radical (unpaired) electrons. The molecule has 5 nitrogen and oxygen atoms in total. The summed E-state index contributed by atoms with van der Waals surface area (Å²) in [6.07, 6.45) is 6.12. The number of nitrogens with zero attached hydrogens (tertiary/aromatic N) is 3. The van der Waals surface area contributed by atoms with E-state index in [1.807, 2.05) is 56.0 Å². The number of amides is 2. The number of carbonyl (C=O) groups is 2. The van der Waals surface area contributed by atoms with Gasteiger partial charge in [0.15, 0.2) is 0 Å². The average molecular weight is 442 g/mol. The highest BCUT2D eigenvalue weighted by molar-refractivity contribution is 6.30. The van der Waals surface area contributed by atoms with E-state index in [2.05, 4.69) is 16.8 Å². The normalized spacial score (nSPS) is 19.4. The second-order valence-electron chi connectivity index (χ2n) is 9.75. The van der Waals surface area contributed by atoms with Crippen molar-refractivity contribution in [2.24, 2.45) is 5.92 Å². The van der Waals surface area contributed by atoms with Crippen LogP contribution in [0.1, 0.15) is 63.8 Å². The van der Waals surface area contributed by atoms with Crippen LogP contribution in [0.15, 0.2) is 42.6 Å². The second-order valence-corrected chi connectivity index (χ2v) is 10.2. The zero-order valence-corrected chi connectivity index (χ0v) is 19.4. The smallest absolute Gasteiger partial charge is 0.243 e. The summed E-state index contributed by atoms with van der Waals surface area (Å²) in [6.45, 7) is 7.51. The van der Waals surface area contributed by atoms with E-state index in [0.29, 0.717) is 11.6 Å². The van der Waals surface area contributed by atoms with Crippen molar-refractivity contribution in [3.63, 3.8) is 0 Å². The summed E-state index contributed by atoms with van der Waals surface area (Å²) in [6, 6.07) is 11.6. The Hall–Kier alpha value is -2.27. The van der Waals surface area contributed by atoms with Crippen LogP contribution in [0.2, 0.25) is 5.02 Å². The van der Waals surface area contributed by atoms with E-state index in [1.165, 1.54) is 0 Å². The molecule has 31 heavy (non-hydrogen) atoms. The largest absolute Gasteiger partial charge is 0.348 e. The van der Waals surface area contributed by atoms with Gasteiger partial charge >= 0.3 is 0 Å². The lowest BCUT2D eigenvalue weighted by molar-refractivity contribution is -0.148. The summed E-state index contributed by atoms with van der Waals surface area (Å²) >= 11 is 6.29. The first-order valence-electron chi connectivity index (χ1n) is 11.3. The van der Waals surface area contributed by atoms with Crippen LogP contribution in [0.4, 0.5) is 0 Å². The SMILES string of the molecule is CC(C)(C)N(CC(=O)N1CCn2cccc2C1c1cccc(Cl)c1)C(=O)C1CCCC1. The predicted molar refractivity (Wildman–Crippen MR) is 123 cm³/mol. The number of hydrogen-bond donors (Lipinski definition) is 0. The Morgan fingerprint density at radius 1 is 1.10 bits per heavy atom. The minimum Gasteiger partial charge on any atom is -0.348 e. The molecule has 0 spiro atoms. The van der Waals surface area contributed by atoms with Crippen LogP contribution in [0.5, 0.6) is 0 Å². The summed E-state index contributed by atoms with van der Waals surface area (Å²) in [5.41, 5.74) is 1.66. The van der Waals surface area contributed by atoms with Crippen LogP contribution in [0, 0.1) is 5.92 Å². The topological polar surface area (TPSA) is 45.6 Å². The van der Waals surface area contributed by atoms with E-state index in [-0.39, 0.29) is 30.3 Å². The Balaban J connectivity index is 1.63. The highest BCUT2D eigenvalue weighted by Gasteiger charge is 2.38. The molecule has 0 saturated heterocycles. The van der Waals surface area contributed by atoms with Crippen molar-refractivity contribution in [1.82, 2.24) is 14.4 Å². The van der Waals surface area contributed by atoms with Gasteiger partial charge in [-0.1, -0.05) is 36.6 Å². The summed E-state index contributed by atoms with van der Waals surface area (Å²) in [7, 11) is 0. The number of rotatable bonds is 4. The number of fused-ring (bicyclic) bond motifs is 1. The zero-order chi connectivity index (χ0) is 22.2. The van der Waals surface area contributed by atoms with Gasteiger partial charge < -0.3 is 14.4 Å². The first-order chi connectivity index (χ1) is 14.8. The number of aromatic nitrogens is 1. The van der Waals surface area contributed by atoms with Crippen molar-refractivity contribution in [1.29, 1.82) is 0 Å². The van der Waals surface area contributed by atoms with Gasteiger partial charge in [-0.15, -0.1) is 0 Å². The van der Waals surface area contributed by atoms with E-state index in [0.717, 1.165) is 43.5 Å². The first kappa shape index (κ1) is 21.9. The lowest BCUT2D eigenvalue weighted by Crippen LogP contribution is -2.54. The van der Waals surface area contributed by atoms with E-state index in [1.54, 1.807) is 4.90 Å². The molecule has 1 aliphatic carbocycles. The van der Waals surface area contributed by atoms with Gasteiger partial charge in [0, 0.05) is 41.5 Å². The first-order valence-corrected chi connectivity index (χ1v) is 11.6. The van der Waals surface area contributed by atoms with Gasteiger partial charge in [-0.05, 0) is 63.4 Å². The molecule has 1 aromatic carbocycles. The van der Waals surface area contributed by atoms with Gasteiger partial charge in [0.05, 0.1) is 6.04 Å². The molecule has 1 unspecified atom stereocenters. The third kappa shape index (κ3) is 4.52. The molecule has 2 heterocycles. The minimum absolute atomic E-state index is 0.0151. The minimum atomic E-state index is -0.406. The summed E-state index contributed by atoms with van der Waals surface area (Å²) in [5.74, 6) is 0.158. The number of halogens is 1. The van der Waals surface area contributed by atoms with Gasteiger partial charge in [0.1, 0.15) is 6.54 Å². The summed E-state index contributed by atoms with van der Waals surface area (Å²) < 4.78 is 2.19. The maximum Gasteiger partial charge on any atom is 0.243 e. The van der Waals surface area contributed by atoms with Crippen LogP contribution >= 0.6 is 11.6 Å². The van der Waals surface area contributed by atoms with Crippen LogP contribution in [-0.2, 0) is 16.1 Å². The molecule has 0 bridgehead atoms. The van der Waals surface area contributed by atoms with Gasteiger partial charge in [0.2, 0.25) is 11.8 Å². The van der Waals surface area contributed by atoms with Gasteiger partial charge in [-0.3, -0.25) is 9.59 Å². The maximum absolute atomic E-state index is 13.7. The molecule has 1 atom stereocenters. The van der Waals surface area contributed by atoms with Gasteiger partial charge in [-0.25, -0.2) is 0 Å². The predicted octanol–water partition coefficient (Wildman–Crippen LogP) is 4.89. The molecule has 0 N–H and O–H groups in total. The molecule has 1 fully saturated rings. The number of carbonyl (C=O) groups excluding carboxylic acids is 2. The van der Waals surface area contributed by atoms with Gasteiger partial charge in [-0.2, -0.15) is 0 Å². The monoisotopic (exact) mass is 441 g/mol. The van der Waals surface area contributed by atoms with E-state index in [9.17, 15) is 9.59 Å². The van der Waals surface area contributed by atoms with Crippen molar-refractivity contribution in [2.45, 2.75) is 64.6 Å².